The summed E-state index contributed by atoms with van der Waals surface area (Å²) < 4.78 is 14.5. The molecule has 5 rings (SSSR count). The number of rotatable bonds is 2. The van der Waals surface area contributed by atoms with E-state index in [1.54, 1.807) is 18.2 Å². The molecule has 4 fully saturated rings. The van der Waals surface area contributed by atoms with E-state index in [9.17, 15) is 9.18 Å². The largest absolute Gasteiger partial charge is 0.324 e. The van der Waals surface area contributed by atoms with Crippen molar-refractivity contribution in [2.75, 3.05) is 18.4 Å². The fourth-order valence-electron chi connectivity index (χ4n) is 5.66. The summed E-state index contributed by atoms with van der Waals surface area (Å²) >= 11 is 3.17. The smallest absolute Gasteiger partial charge is 0.321 e. The first kappa shape index (κ1) is 17.0. The van der Waals surface area contributed by atoms with Gasteiger partial charge in [-0.2, -0.15) is 0 Å². The van der Waals surface area contributed by atoms with Gasteiger partial charge in [-0.05, 0) is 65.1 Å². The number of halogens is 2. The molecule has 5 unspecified atom stereocenters. The number of carbonyl (C=O) groups excluding carboxylic acids is 1. The third-order valence-electron chi connectivity index (χ3n) is 7.08. The summed E-state index contributed by atoms with van der Waals surface area (Å²) in [4.78, 5) is 14.6. The van der Waals surface area contributed by atoms with Gasteiger partial charge >= 0.3 is 6.03 Å². The molecule has 7 heteroatoms. The van der Waals surface area contributed by atoms with Crippen molar-refractivity contribution in [2.24, 2.45) is 17.3 Å². The van der Waals surface area contributed by atoms with E-state index < -0.39 is 5.82 Å². The van der Waals surface area contributed by atoms with Crippen LogP contribution in [0.15, 0.2) is 22.7 Å². The number of urea groups is 1. The number of hydrogen-bond acceptors (Lipinski definition) is 3. The van der Waals surface area contributed by atoms with Crippen molar-refractivity contribution in [3.8, 4) is 0 Å². The average molecular weight is 423 g/mol. The quantitative estimate of drug-likeness (QED) is 0.683. The maximum Gasteiger partial charge on any atom is 0.321 e. The molecular weight excluding hydrogens is 399 g/mol. The molecule has 140 valence electrons. The van der Waals surface area contributed by atoms with Gasteiger partial charge in [-0.1, -0.05) is 12.5 Å². The zero-order chi connectivity index (χ0) is 17.9. The molecule has 2 aliphatic heterocycles. The predicted molar refractivity (Wildman–Crippen MR) is 101 cm³/mol. The van der Waals surface area contributed by atoms with E-state index in [2.05, 4.69) is 32.1 Å². The highest BCUT2D eigenvalue weighted by atomic mass is 79.9. The number of benzene rings is 1. The number of likely N-dealkylation sites (tertiary alicyclic amines) is 1. The minimum absolute atomic E-state index is 0.206. The molecule has 0 radical (unpaired) electrons. The molecule has 5 nitrogen and oxygen atoms in total. The van der Waals surface area contributed by atoms with Crippen molar-refractivity contribution in [1.29, 1.82) is 0 Å². The maximum absolute atomic E-state index is 14.2. The number of piperidine rings is 1. The molecule has 2 heterocycles. The van der Waals surface area contributed by atoms with E-state index in [0.29, 0.717) is 34.4 Å². The van der Waals surface area contributed by atoms with E-state index >= 15 is 0 Å². The highest BCUT2D eigenvalue weighted by molar-refractivity contribution is 9.10. The van der Waals surface area contributed by atoms with Gasteiger partial charge in [0.15, 0.2) is 5.82 Å². The van der Waals surface area contributed by atoms with Crippen LogP contribution >= 0.6 is 15.9 Å². The molecule has 2 saturated carbocycles. The van der Waals surface area contributed by atoms with Crippen LogP contribution in [0.5, 0.6) is 0 Å². The Balaban J connectivity index is 1.29. The number of carbonyl (C=O) groups is 1. The molecule has 4 aliphatic rings. The summed E-state index contributed by atoms with van der Waals surface area (Å²) in [5, 5.41) is 2.75. The molecule has 1 aromatic carbocycles. The molecule has 0 aromatic heterocycles. The number of nitrogens with zero attached hydrogens (tertiary/aromatic N) is 1. The highest BCUT2D eigenvalue weighted by Gasteiger charge is 2.64. The minimum atomic E-state index is -0.427. The number of hydrazine groups is 1. The van der Waals surface area contributed by atoms with E-state index in [-0.39, 0.29) is 11.7 Å². The Hall–Kier alpha value is -1.18. The molecule has 26 heavy (non-hydrogen) atoms. The summed E-state index contributed by atoms with van der Waals surface area (Å²) in [5.41, 5.74) is 7.75. The van der Waals surface area contributed by atoms with Gasteiger partial charge in [0.1, 0.15) is 0 Å². The summed E-state index contributed by atoms with van der Waals surface area (Å²) in [6, 6.07) is 5.63. The summed E-state index contributed by atoms with van der Waals surface area (Å²) in [5.74, 6) is 0.883. The molecule has 0 spiro atoms. The van der Waals surface area contributed by atoms with Gasteiger partial charge in [0, 0.05) is 31.1 Å². The van der Waals surface area contributed by atoms with Gasteiger partial charge < -0.3 is 10.2 Å². The Bertz CT molecular complexity index is 746. The molecule has 2 aliphatic carbocycles. The molecule has 2 amide bonds. The lowest BCUT2D eigenvalue weighted by molar-refractivity contribution is 0.150. The van der Waals surface area contributed by atoms with E-state index in [4.69, 9.17) is 0 Å². The average Bonchev–Trinajstić information content (AvgIpc) is 3.00. The molecule has 2 saturated heterocycles. The van der Waals surface area contributed by atoms with Gasteiger partial charge in [-0.3, -0.25) is 10.9 Å². The Morgan fingerprint density at radius 1 is 1.35 bits per heavy atom. The predicted octanol–water partition coefficient (Wildman–Crippen LogP) is 3.48. The Morgan fingerprint density at radius 3 is 3.00 bits per heavy atom. The molecule has 0 bridgehead atoms. The monoisotopic (exact) mass is 422 g/mol. The third-order valence-corrected chi connectivity index (χ3v) is 7.70. The second kappa shape index (κ2) is 6.17. The zero-order valence-electron chi connectivity index (χ0n) is 14.6. The molecule has 1 aromatic rings. The summed E-state index contributed by atoms with van der Waals surface area (Å²) in [6.07, 6.45) is 6.29. The zero-order valence-corrected chi connectivity index (χ0v) is 16.2. The van der Waals surface area contributed by atoms with Crippen LogP contribution in [0.1, 0.15) is 32.1 Å². The SMILES string of the molecule is O=C(Nc1cccc(Br)c1F)N1CCC2NNC(C34CCCC3C4)C2C1. The topological polar surface area (TPSA) is 56.4 Å². The van der Waals surface area contributed by atoms with Crippen LogP contribution in [-0.4, -0.2) is 36.1 Å². The molecular formula is C19H24BrFN4O. The second-order valence-corrected chi connectivity index (χ2v) is 9.18. The first-order valence-electron chi connectivity index (χ1n) is 9.59. The van der Waals surface area contributed by atoms with Crippen LogP contribution in [-0.2, 0) is 0 Å². The molecule has 3 N–H and O–H groups in total. The first-order chi connectivity index (χ1) is 12.6. The third kappa shape index (κ3) is 2.59. The lowest BCUT2D eigenvalue weighted by Gasteiger charge is -2.38. The second-order valence-electron chi connectivity index (χ2n) is 8.33. The van der Waals surface area contributed by atoms with Crippen molar-refractivity contribution >= 4 is 27.6 Å². The summed E-state index contributed by atoms with van der Waals surface area (Å²) in [7, 11) is 0. The van der Waals surface area contributed by atoms with Crippen molar-refractivity contribution < 1.29 is 9.18 Å². The number of hydrogen-bond donors (Lipinski definition) is 3. The van der Waals surface area contributed by atoms with Crippen LogP contribution in [0.3, 0.4) is 0 Å². The minimum Gasteiger partial charge on any atom is -0.324 e. The van der Waals surface area contributed by atoms with Crippen molar-refractivity contribution in [1.82, 2.24) is 15.8 Å². The van der Waals surface area contributed by atoms with E-state index in [1.165, 1.54) is 25.7 Å². The van der Waals surface area contributed by atoms with Crippen molar-refractivity contribution in [3.63, 3.8) is 0 Å². The van der Waals surface area contributed by atoms with Crippen LogP contribution in [0.25, 0.3) is 0 Å². The Labute approximate surface area is 161 Å². The van der Waals surface area contributed by atoms with Crippen LogP contribution in [0.2, 0.25) is 0 Å². The van der Waals surface area contributed by atoms with Gasteiger partial charge in [-0.15, -0.1) is 0 Å². The van der Waals surface area contributed by atoms with Crippen LogP contribution in [0, 0.1) is 23.1 Å². The van der Waals surface area contributed by atoms with E-state index in [0.717, 1.165) is 18.9 Å². The fourth-order valence-corrected chi connectivity index (χ4v) is 6.03. The first-order valence-corrected chi connectivity index (χ1v) is 10.4. The maximum atomic E-state index is 14.2. The highest BCUT2D eigenvalue weighted by Crippen LogP contribution is 2.67. The standard InChI is InChI=1S/C19H24BrFN4O/c20-13-4-1-5-15(16(13)21)22-18(26)25-8-6-14-12(10-25)17(24-23-14)19-7-2-3-11(19)9-19/h1,4-5,11-12,14,17,23-24H,2-3,6-10H2,(H,22,26). The summed E-state index contributed by atoms with van der Waals surface area (Å²) in [6.45, 7) is 1.42. The number of nitrogens with one attached hydrogen (secondary N) is 3. The van der Waals surface area contributed by atoms with Gasteiger partial charge in [-0.25, -0.2) is 9.18 Å². The fraction of sp³-hybridized carbons (Fsp3) is 0.632. The lowest BCUT2D eigenvalue weighted by Crippen LogP contribution is -2.51. The van der Waals surface area contributed by atoms with Gasteiger partial charge in [0.25, 0.3) is 0 Å². The lowest BCUT2D eigenvalue weighted by atomic mass is 9.79. The Kier molecular flexibility index (Phi) is 4.03. The van der Waals surface area contributed by atoms with Crippen molar-refractivity contribution in [3.05, 3.63) is 28.5 Å². The number of amides is 2. The van der Waals surface area contributed by atoms with Crippen LogP contribution in [0.4, 0.5) is 14.9 Å². The van der Waals surface area contributed by atoms with Gasteiger partial charge in [0.2, 0.25) is 0 Å². The van der Waals surface area contributed by atoms with E-state index in [1.807, 2.05) is 4.90 Å². The van der Waals surface area contributed by atoms with Crippen LogP contribution < -0.4 is 16.2 Å². The molecule has 5 atom stereocenters. The Morgan fingerprint density at radius 2 is 2.23 bits per heavy atom. The normalized spacial score (nSPS) is 38.0. The van der Waals surface area contributed by atoms with Gasteiger partial charge in [0.05, 0.1) is 10.2 Å². The number of fused-ring (bicyclic) bond motifs is 2. The van der Waals surface area contributed by atoms with Crippen molar-refractivity contribution in [2.45, 2.75) is 44.2 Å². The number of anilines is 1.